The van der Waals surface area contributed by atoms with Gasteiger partial charge in [-0.15, -0.1) is 22.7 Å². The molecule has 0 aromatic carbocycles. The van der Waals surface area contributed by atoms with Crippen molar-refractivity contribution in [2.24, 2.45) is 0 Å². The van der Waals surface area contributed by atoms with E-state index in [1.54, 1.807) is 11.3 Å². The van der Waals surface area contributed by atoms with Gasteiger partial charge in [-0.05, 0) is 36.9 Å². The molecule has 4 heteroatoms. The van der Waals surface area contributed by atoms with Crippen LogP contribution in [0.3, 0.4) is 0 Å². The minimum absolute atomic E-state index is 0.552. The average Bonchev–Trinajstić information content (AvgIpc) is 2.91. The Kier molecular flexibility index (Phi) is 3.68. The van der Waals surface area contributed by atoms with Crippen molar-refractivity contribution in [1.29, 1.82) is 5.26 Å². The molecule has 0 radical (unpaired) electrons. The van der Waals surface area contributed by atoms with E-state index >= 15 is 0 Å². The number of nitrogens with zero attached hydrogens (tertiary/aromatic N) is 1. The van der Waals surface area contributed by atoms with Crippen molar-refractivity contribution in [2.45, 2.75) is 13.8 Å². The zero-order chi connectivity index (χ0) is 12.4. The highest BCUT2D eigenvalue weighted by Gasteiger charge is 2.13. The first-order chi connectivity index (χ1) is 8.13. The Bertz CT molecular complexity index is 580. The molecule has 2 heterocycles. The lowest BCUT2D eigenvalue weighted by atomic mass is 10.2. The highest BCUT2D eigenvalue weighted by molar-refractivity contribution is 7.14. The number of hydrogen-bond acceptors (Lipinski definition) is 3. The number of allylic oxidation sites excluding steroid dienone is 1. The van der Waals surface area contributed by atoms with E-state index in [9.17, 15) is 5.26 Å². The molecule has 0 saturated heterocycles. The zero-order valence-electron chi connectivity index (χ0n) is 9.45. The zero-order valence-corrected chi connectivity index (χ0v) is 11.8. The van der Waals surface area contributed by atoms with E-state index in [2.05, 4.69) is 19.9 Å². The van der Waals surface area contributed by atoms with Gasteiger partial charge in [-0.2, -0.15) is 5.26 Å². The Morgan fingerprint density at radius 1 is 1.35 bits per heavy atom. The fraction of sp³-hybridized carbons (Fsp3) is 0.154. The third-order valence-corrected chi connectivity index (χ3v) is 5.04. The van der Waals surface area contributed by atoms with Crippen LogP contribution in [-0.2, 0) is 0 Å². The van der Waals surface area contributed by atoms with Crippen LogP contribution in [0.4, 0.5) is 0 Å². The first-order valence-electron chi connectivity index (χ1n) is 5.04. The van der Waals surface area contributed by atoms with Crippen molar-refractivity contribution in [3.63, 3.8) is 0 Å². The molecule has 2 rings (SSSR count). The molecule has 2 aromatic rings. The molecule has 0 saturated carbocycles. The van der Waals surface area contributed by atoms with Crippen LogP contribution in [0, 0.1) is 25.2 Å². The molecule has 0 N–H and O–H groups in total. The average molecular weight is 280 g/mol. The molecule has 0 amide bonds. The molecule has 2 aromatic heterocycles. The third-order valence-electron chi connectivity index (χ3n) is 2.48. The van der Waals surface area contributed by atoms with Crippen molar-refractivity contribution in [2.75, 3.05) is 0 Å². The quantitative estimate of drug-likeness (QED) is 0.705. The molecule has 17 heavy (non-hydrogen) atoms. The van der Waals surface area contributed by atoms with Crippen molar-refractivity contribution in [3.8, 4) is 6.07 Å². The maximum absolute atomic E-state index is 9.22. The summed E-state index contributed by atoms with van der Waals surface area (Å²) < 4.78 is 0. The van der Waals surface area contributed by atoms with Crippen LogP contribution in [-0.4, -0.2) is 0 Å². The van der Waals surface area contributed by atoms with Gasteiger partial charge in [0.1, 0.15) is 6.07 Å². The lowest BCUT2D eigenvalue weighted by Crippen LogP contribution is -1.79. The second-order valence-corrected chi connectivity index (χ2v) is 6.21. The fourth-order valence-electron chi connectivity index (χ4n) is 1.44. The van der Waals surface area contributed by atoms with Crippen molar-refractivity contribution >= 4 is 44.9 Å². The minimum Gasteiger partial charge on any atom is -0.192 e. The van der Waals surface area contributed by atoms with E-state index in [-0.39, 0.29) is 0 Å². The number of rotatable bonds is 2. The Morgan fingerprint density at radius 3 is 2.59 bits per heavy atom. The summed E-state index contributed by atoms with van der Waals surface area (Å²) in [7, 11) is 0. The van der Waals surface area contributed by atoms with Crippen molar-refractivity contribution in [3.05, 3.63) is 43.8 Å². The van der Waals surface area contributed by atoms with Crippen LogP contribution < -0.4 is 0 Å². The molecule has 0 atom stereocenters. The summed E-state index contributed by atoms with van der Waals surface area (Å²) >= 11 is 9.48. The summed E-state index contributed by atoms with van der Waals surface area (Å²) in [6, 6.07) is 8.07. The Balaban J connectivity index is 2.53. The predicted octanol–water partition coefficient (Wildman–Crippen LogP) is 5.06. The second kappa shape index (κ2) is 5.05. The normalized spacial score (nSPS) is 12.1. The summed E-state index contributed by atoms with van der Waals surface area (Å²) in [6.45, 7) is 4.11. The lowest BCUT2D eigenvalue weighted by molar-refractivity contribution is 1.44. The number of halogens is 1. The Labute approximate surface area is 114 Å². The molecule has 1 nitrogen and oxygen atoms in total. The molecule has 0 unspecified atom stereocenters. The lowest BCUT2D eigenvalue weighted by Gasteiger charge is -1.98. The van der Waals surface area contributed by atoms with E-state index in [0.29, 0.717) is 10.6 Å². The standard InChI is InChI=1S/C13H10ClNS2/c1-8-6-12(17-9(8)2)13(14)10(7-15)11-4-3-5-16-11/h3-6H,1-2H3. The molecule has 0 bridgehead atoms. The van der Waals surface area contributed by atoms with E-state index in [0.717, 1.165) is 9.75 Å². The molecule has 86 valence electrons. The Hall–Kier alpha value is -1.08. The van der Waals surface area contributed by atoms with E-state index < -0.39 is 0 Å². The number of thiophene rings is 2. The maximum atomic E-state index is 9.22. The van der Waals surface area contributed by atoms with Crippen molar-refractivity contribution < 1.29 is 0 Å². The van der Waals surface area contributed by atoms with E-state index in [4.69, 9.17) is 11.6 Å². The molecule has 0 aliphatic rings. The largest absolute Gasteiger partial charge is 0.192 e. The van der Waals surface area contributed by atoms with Gasteiger partial charge in [0.2, 0.25) is 0 Å². The SMILES string of the molecule is Cc1cc(C(Cl)=C(C#N)c2cccs2)sc1C. The smallest absolute Gasteiger partial charge is 0.102 e. The first-order valence-corrected chi connectivity index (χ1v) is 7.12. The summed E-state index contributed by atoms with van der Waals surface area (Å²) in [6.07, 6.45) is 0. The summed E-state index contributed by atoms with van der Waals surface area (Å²) in [4.78, 5) is 3.12. The van der Waals surface area contributed by atoms with Crippen LogP contribution in [0.1, 0.15) is 20.2 Å². The van der Waals surface area contributed by atoms with Gasteiger partial charge in [-0.1, -0.05) is 17.7 Å². The second-order valence-electron chi connectivity index (χ2n) is 3.63. The van der Waals surface area contributed by atoms with Gasteiger partial charge in [0.15, 0.2) is 0 Å². The van der Waals surface area contributed by atoms with E-state index in [1.807, 2.05) is 23.6 Å². The van der Waals surface area contributed by atoms with Gasteiger partial charge in [0, 0.05) is 14.6 Å². The first kappa shape index (κ1) is 12.4. The van der Waals surface area contributed by atoms with Gasteiger partial charge in [-0.25, -0.2) is 0 Å². The molecular weight excluding hydrogens is 270 g/mol. The number of nitriles is 1. The van der Waals surface area contributed by atoms with Crippen LogP contribution in [0.5, 0.6) is 0 Å². The van der Waals surface area contributed by atoms with Crippen LogP contribution in [0.15, 0.2) is 23.6 Å². The van der Waals surface area contributed by atoms with Gasteiger partial charge < -0.3 is 0 Å². The highest BCUT2D eigenvalue weighted by Crippen LogP contribution is 2.36. The van der Waals surface area contributed by atoms with E-state index in [1.165, 1.54) is 21.8 Å². The van der Waals surface area contributed by atoms with Gasteiger partial charge in [0.05, 0.1) is 10.6 Å². The van der Waals surface area contributed by atoms with Crippen LogP contribution in [0.25, 0.3) is 10.6 Å². The number of hydrogen-bond donors (Lipinski definition) is 0. The molecule has 0 fully saturated rings. The highest BCUT2D eigenvalue weighted by atomic mass is 35.5. The summed E-state index contributed by atoms with van der Waals surface area (Å²) in [5.74, 6) is 0. The molecule has 0 spiro atoms. The predicted molar refractivity (Wildman–Crippen MR) is 76.4 cm³/mol. The van der Waals surface area contributed by atoms with Crippen LogP contribution >= 0.6 is 34.3 Å². The molecule has 0 aliphatic heterocycles. The monoisotopic (exact) mass is 279 g/mol. The maximum Gasteiger partial charge on any atom is 0.102 e. The third kappa shape index (κ3) is 2.44. The van der Waals surface area contributed by atoms with Crippen molar-refractivity contribution in [1.82, 2.24) is 0 Å². The summed E-state index contributed by atoms with van der Waals surface area (Å²) in [5.41, 5.74) is 1.77. The fourth-order valence-corrected chi connectivity index (χ4v) is 3.51. The number of aryl methyl sites for hydroxylation is 2. The van der Waals surface area contributed by atoms with Gasteiger partial charge >= 0.3 is 0 Å². The van der Waals surface area contributed by atoms with Gasteiger partial charge in [-0.3, -0.25) is 0 Å². The topological polar surface area (TPSA) is 23.8 Å². The molecular formula is C13H10ClNS2. The molecule has 0 aliphatic carbocycles. The minimum atomic E-state index is 0.552. The van der Waals surface area contributed by atoms with Crippen LogP contribution in [0.2, 0.25) is 0 Å². The summed E-state index contributed by atoms with van der Waals surface area (Å²) in [5, 5.41) is 11.7. The Morgan fingerprint density at radius 2 is 2.12 bits per heavy atom. The van der Waals surface area contributed by atoms with Gasteiger partial charge in [0.25, 0.3) is 0 Å².